The van der Waals surface area contributed by atoms with Crippen LogP contribution < -0.4 is 5.63 Å². The van der Waals surface area contributed by atoms with E-state index in [1.165, 1.54) is 24.3 Å². The molecule has 12 heteroatoms. The number of halogens is 5. The van der Waals surface area contributed by atoms with Crippen molar-refractivity contribution < 1.29 is 96.6 Å². The molecular formula is C16H9EuF5O6. The molecule has 5 N–H and O–H groups in total. The quantitative estimate of drug-likeness (QED) is 0.173. The second kappa shape index (κ2) is 9.66. The van der Waals surface area contributed by atoms with Crippen LogP contribution in [0.1, 0.15) is 15.9 Å². The van der Waals surface area contributed by atoms with Gasteiger partial charge in [-0.3, -0.25) is 4.79 Å². The van der Waals surface area contributed by atoms with Gasteiger partial charge in [0.2, 0.25) is 11.6 Å². The van der Waals surface area contributed by atoms with E-state index in [1.54, 1.807) is 0 Å². The van der Waals surface area contributed by atoms with Gasteiger partial charge in [-0.2, -0.15) is 0 Å². The average Bonchev–Trinajstić information content (AvgIpc) is 2.58. The first-order valence-corrected chi connectivity index (χ1v) is 6.56. The average molecular weight is 544 g/mol. The predicted octanol–water partition coefficient (Wildman–Crippen LogP) is 1.78. The van der Waals surface area contributed by atoms with E-state index < -0.39 is 57.4 Å². The molecular weight excluding hydrogens is 535 g/mol. The van der Waals surface area contributed by atoms with Crippen LogP contribution in [0.3, 0.4) is 0 Å². The maximum Gasteiger partial charge on any atom is 0.351 e. The van der Waals surface area contributed by atoms with Crippen LogP contribution in [0.25, 0.3) is 11.0 Å². The number of ketones is 1. The number of hydrogen-bond donors (Lipinski definition) is 1. The summed E-state index contributed by atoms with van der Waals surface area (Å²) in [6.07, 6.45) is 0. The number of para-hydroxylation sites is 1. The summed E-state index contributed by atoms with van der Waals surface area (Å²) < 4.78 is 71.8. The standard InChI is InChI=1S/C16H5F5O4.Eu.2H2O/c17-9-7(10(18)12(20)13(21)11(9)19)15(23)8-14(22)5-3-1-2-4-6(5)25-16(8)24;;;/h1-4,22H;;2*1H2. The van der Waals surface area contributed by atoms with Crippen molar-refractivity contribution in [2.24, 2.45) is 0 Å². The minimum atomic E-state index is -2.46. The Labute approximate surface area is 192 Å². The Morgan fingerprint density at radius 1 is 0.821 bits per heavy atom. The Morgan fingerprint density at radius 2 is 1.29 bits per heavy atom. The van der Waals surface area contributed by atoms with E-state index in [-0.39, 0.29) is 71.3 Å². The van der Waals surface area contributed by atoms with E-state index >= 15 is 0 Å². The molecule has 0 amide bonds. The summed E-state index contributed by atoms with van der Waals surface area (Å²) in [7, 11) is 0. The van der Waals surface area contributed by atoms with Gasteiger partial charge in [-0.05, 0) is 12.1 Å². The molecule has 1 radical (unpaired) electrons. The molecule has 6 nitrogen and oxygen atoms in total. The second-order valence-electron chi connectivity index (χ2n) is 4.88. The molecule has 28 heavy (non-hydrogen) atoms. The van der Waals surface area contributed by atoms with Gasteiger partial charge in [0, 0.05) is 49.4 Å². The van der Waals surface area contributed by atoms with E-state index in [4.69, 9.17) is 4.42 Å². The number of aromatic hydroxyl groups is 1. The van der Waals surface area contributed by atoms with Crippen molar-refractivity contribution in [3.05, 3.63) is 74.9 Å². The van der Waals surface area contributed by atoms with E-state index in [0.717, 1.165) is 0 Å². The Balaban J connectivity index is 0.00000243. The summed E-state index contributed by atoms with van der Waals surface area (Å²) in [5.41, 5.74) is -4.75. The topological polar surface area (TPSA) is 131 Å². The van der Waals surface area contributed by atoms with Gasteiger partial charge in [-0.1, -0.05) is 12.1 Å². The van der Waals surface area contributed by atoms with Gasteiger partial charge < -0.3 is 20.5 Å². The van der Waals surface area contributed by atoms with Gasteiger partial charge in [0.25, 0.3) is 0 Å². The van der Waals surface area contributed by atoms with E-state index in [9.17, 15) is 36.6 Å². The number of rotatable bonds is 2. The summed E-state index contributed by atoms with van der Waals surface area (Å²) in [5, 5.41) is 9.89. The van der Waals surface area contributed by atoms with Gasteiger partial charge in [0.1, 0.15) is 16.9 Å². The fraction of sp³-hybridized carbons (Fsp3) is 0. The van der Waals surface area contributed by atoms with Gasteiger partial charge in [0.15, 0.2) is 28.8 Å². The molecule has 0 aliphatic carbocycles. The third kappa shape index (κ3) is 4.01. The number of fused-ring (bicyclic) bond motifs is 1. The number of hydrogen-bond acceptors (Lipinski definition) is 4. The SMILES string of the molecule is O.O.O=C(c1c(F)c(F)c(F)c(F)c1F)c1c(O)c2ccccc2oc1=O.[Eu]. The molecule has 0 fully saturated rings. The fourth-order valence-electron chi connectivity index (χ4n) is 2.26. The maximum atomic E-state index is 13.8. The molecule has 0 spiro atoms. The van der Waals surface area contributed by atoms with Crippen molar-refractivity contribution in [1.29, 1.82) is 0 Å². The third-order valence-electron chi connectivity index (χ3n) is 3.45. The molecule has 2 aromatic carbocycles. The van der Waals surface area contributed by atoms with Gasteiger partial charge in [-0.25, -0.2) is 26.7 Å². The molecule has 3 aromatic rings. The molecule has 0 aliphatic rings. The zero-order valence-corrected chi connectivity index (χ0v) is 15.7. The number of benzene rings is 2. The molecule has 151 valence electrons. The molecule has 0 saturated carbocycles. The zero-order valence-electron chi connectivity index (χ0n) is 13.2. The second-order valence-corrected chi connectivity index (χ2v) is 4.88. The Hall–Kier alpha value is -1.73. The van der Waals surface area contributed by atoms with Crippen molar-refractivity contribution in [2.45, 2.75) is 0 Å². The van der Waals surface area contributed by atoms with Crippen LogP contribution in [-0.2, 0) is 0 Å². The van der Waals surface area contributed by atoms with Crippen molar-refractivity contribution >= 4 is 16.8 Å². The molecule has 1 aromatic heterocycles. The fourth-order valence-corrected chi connectivity index (χ4v) is 2.26. The molecule has 1 heterocycles. The van der Waals surface area contributed by atoms with Crippen LogP contribution in [0.15, 0.2) is 33.5 Å². The van der Waals surface area contributed by atoms with E-state index in [0.29, 0.717) is 0 Å². The summed E-state index contributed by atoms with van der Waals surface area (Å²) in [5.74, 6) is -14.9. The van der Waals surface area contributed by atoms with Crippen molar-refractivity contribution in [3.63, 3.8) is 0 Å². The van der Waals surface area contributed by atoms with Crippen molar-refractivity contribution in [1.82, 2.24) is 0 Å². The van der Waals surface area contributed by atoms with E-state index in [1.807, 2.05) is 0 Å². The zero-order chi connectivity index (χ0) is 18.5. The third-order valence-corrected chi connectivity index (χ3v) is 3.45. The summed E-state index contributed by atoms with van der Waals surface area (Å²) in [6.45, 7) is 0. The van der Waals surface area contributed by atoms with Gasteiger partial charge >= 0.3 is 5.63 Å². The van der Waals surface area contributed by atoms with Crippen LogP contribution in [0.2, 0.25) is 0 Å². The summed E-state index contributed by atoms with van der Waals surface area (Å²) in [6, 6.07) is 5.33. The van der Waals surface area contributed by atoms with Crippen molar-refractivity contribution in [2.75, 3.05) is 0 Å². The maximum absolute atomic E-state index is 13.8. The van der Waals surface area contributed by atoms with Crippen LogP contribution in [0, 0.1) is 78.5 Å². The van der Waals surface area contributed by atoms with Crippen LogP contribution >= 0.6 is 0 Å². The first-order valence-electron chi connectivity index (χ1n) is 6.56. The van der Waals surface area contributed by atoms with Crippen LogP contribution in [0.4, 0.5) is 22.0 Å². The Kier molecular flexibility index (Phi) is 9.06. The molecule has 0 saturated heterocycles. The van der Waals surface area contributed by atoms with Crippen molar-refractivity contribution in [3.8, 4) is 5.75 Å². The molecule has 0 unspecified atom stereocenters. The van der Waals surface area contributed by atoms with E-state index in [2.05, 4.69) is 0 Å². The summed E-state index contributed by atoms with van der Waals surface area (Å²) >= 11 is 0. The first-order chi connectivity index (χ1) is 11.8. The molecule has 0 aliphatic heterocycles. The monoisotopic (exact) mass is 545 g/mol. The summed E-state index contributed by atoms with van der Waals surface area (Å²) in [4.78, 5) is 24.1. The van der Waals surface area contributed by atoms with Crippen LogP contribution in [-0.4, -0.2) is 21.8 Å². The molecule has 3 rings (SSSR count). The minimum Gasteiger partial charge on any atom is -0.506 e. The Bertz CT molecular complexity index is 1090. The van der Waals surface area contributed by atoms with Gasteiger partial charge in [0.05, 0.1) is 5.39 Å². The molecule has 0 bridgehead atoms. The smallest absolute Gasteiger partial charge is 0.351 e. The minimum absolute atomic E-state index is 0. The predicted molar refractivity (Wildman–Crippen MR) is 81.0 cm³/mol. The number of carbonyl (C=O) groups is 1. The molecule has 0 atom stereocenters. The first kappa shape index (κ1) is 26.3. The largest absolute Gasteiger partial charge is 0.506 e. The normalized spacial score (nSPS) is 9.89. The van der Waals surface area contributed by atoms with Crippen LogP contribution in [0.5, 0.6) is 5.75 Å². The van der Waals surface area contributed by atoms with Gasteiger partial charge in [-0.15, -0.1) is 0 Å². The Morgan fingerprint density at radius 3 is 1.82 bits per heavy atom. The number of carbonyl (C=O) groups excluding carboxylic acids is 1.